The molecule has 6 nitrogen and oxygen atoms in total. The number of hydrogen-bond donors (Lipinski definition) is 0. The SMILES string of the molecule is COC(=O)/C=C/c1cccc(N(C)C(=O)C2CCC(S(C)(=O)=O)CC2)c1. The number of hydrogen-bond acceptors (Lipinski definition) is 5. The summed E-state index contributed by atoms with van der Waals surface area (Å²) in [5.74, 6) is -0.610. The van der Waals surface area contributed by atoms with E-state index in [9.17, 15) is 18.0 Å². The van der Waals surface area contributed by atoms with E-state index in [-0.39, 0.29) is 17.1 Å². The number of esters is 1. The van der Waals surface area contributed by atoms with Gasteiger partial charge in [-0.15, -0.1) is 0 Å². The summed E-state index contributed by atoms with van der Waals surface area (Å²) in [6.45, 7) is 0. The highest BCUT2D eigenvalue weighted by Crippen LogP contribution is 2.30. The van der Waals surface area contributed by atoms with E-state index in [2.05, 4.69) is 4.74 Å². The maximum atomic E-state index is 12.8. The van der Waals surface area contributed by atoms with Gasteiger partial charge in [0, 0.05) is 31.0 Å². The van der Waals surface area contributed by atoms with E-state index in [0.29, 0.717) is 25.7 Å². The molecule has 0 N–H and O–H groups in total. The van der Waals surface area contributed by atoms with Crippen LogP contribution in [-0.2, 0) is 24.2 Å². The summed E-state index contributed by atoms with van der Waals surface area (Å²) in [5.41, 5.74) is 1.51. The van der Waals surface area contributed by atoms with Gasteiger partial charge in [0.05, 0.1) is 12.4 Å². The third-order valence-electron chi connectivity index (χ3n) is 4.83. The van der Waals surface area contributed by atoms with E-state index < -0.39 is 15.8 Å². The Hall–Kier alpha value is -2.15. The summed E-state index contributed by atoms with van der Waals surface area (Å²) in [6.07, 6.45) is 6.46. The van der Waals surface area contributed by atoms with Crippen molar-refractivity contribution in [2.24, 2.45) is 5.92 Å². The number of carbonyl (C=O) groups is 2. The highest BCUT2D eigenvalue weighted by molar-refractivity contribution is 7.91. The van der Waals surface area contributed by atoms with Crippen LogP contribution in [0, 0.1) is 5.92 Å². The van der Waals surface area contributed by atoms with Crippen LogP contribution >= 0.6 is 0 Å². The Balaban J connectivity index is 2.05. The molecule has 1 aliphatic rings. The first-order valence-electron chi connectivity index (χ1n) is 8.55. The van der Waals surface area contributed by atoms with Crippen LogP contribution in [-0.4, -0.2) is 46.0 Å². The molecule has 0 bridgehead atoms. The fraction of sp³-hybridized carbons (Fsp3) is 0.474. The van der Waals surface area contributed by atoms with Crippen LogP contribution in [0.4, 0.5) is 5.69 Å². The molecule has 0 unspecified atom stereocenters. The first-order chi connectivity index (χ1) is 12.2. The lowest BCUT2D eigenvalue weighted by Gasteiger charge is -2.30. The van der Waals surface area contributed by atoms with Gasteiger partial charge >= 0.3 is 5.97 Å². The Labute approximate surface area is 154 Å². The molecule has 1 amide bonds. The largest absolute Gasteiger partial charge is 0.466 e. The van der Waals surface area contributed by atoms with E-state index in [1.54, 1.807) is 18.0 Å². The van der Waals surface area contributed by atoms with Crippen LogP contribution < -0.4 is 4.90 Å². The summed E-state index contributed by atoms with van der Waals surface area (Å²) in [5, 5.41) is -0.330. The van der Waals surface area contributed by atoms with Crippen molar-refractivity contribution in [2.75, 3.05) is 25.3 Å². The molecule has 1 aromatic rings. The molecule has 0 aliphatic heterocycles. The number of benzene rings is 1. The number of nitrogens with zero attached hydrogens (tertiary/aromatic N) is 1. The average molecular weight is 379 g/mol. The number of rotatable bonds is 5. The second kappa shape index (κ2) is 8.49. The molecular formula is C19H25NO5S. The lowest BCUT2D eigenvalue weighted by Crippen LogP contribution is -2.37. The van der Waals surface area contributed by atoms with Crippen LogP contribution in [0.1, 0.15) is 31.2 Å². The van der Waals surface area contributed by atoms with Crippen molar-refractivity contribution in [1.82, 2.24) is 0 Å². The normalized spacial score (nSPS) is 20.7. The fourth-order valence-electron chi connectivity index (χ4n) is 3.21. The summed E-state index contributed by atoms with van der Waals surface area (Å²) >= 11 is 0. The monoisotopic (exact) mass is 379 g/mol. The van der Waals surface area contributed by atoms with Gasteiger partial charge in [-0.1, -0.05) is 12.1 Å². The molecule has 0 atom stereocenters. The van der Waals surface area contributed by atoms with E-state index in [1.807, 2.05) is 24.3 Å². The van der Waals surface area contributed by atoms with Gasteiger partial charge in [-0.05, 0) is 49.5 Å². The van der Waals surface area contributed by atoms with Gasteiger partial charge in [-0.2, -0.15) is 0 Å². The molecule has 1 aromatic carbocycles. The van der Waals surface area contributed by atoms with Gasteiger partial charge in [0.25, 0.3) is 0 Å². The predicted molar refractivity (Wildman–Crippen MR) is 101 cm³/mol. The molecule has 2 rings (SSSR count). The van der Waals surface area contributed by atoms with Crippen molar-refractivity contribution >= 4 is 33.5 Å². The average Bonchev–Trinajstić information content (AvgIpc) is 2.64. The minimum atomic E-state index is -3.04. The van der Waals surface area contributed by atoms with Gasteiger partial charge in [0.1, 0.15) is 9.84 Å². The molecule has 7 heteroatoms. The molecule has 26 heavy (non-hydrogen) atoms. The van der Waals surface area contributed by atoms with Crippen molar-refractivity contribution in [1.29, 1.82) is 0 Å². The molecule has 1 fully saturated rings. The zero-order valence-electron chi connectivity index (χ0n) is 15.3. The van der Waals surface area contributed by atoms with E-state index >= 15 is 0 Å². The smallest absolute Gasteiger partial charge is 0.330 e. The topological polar surface area (TPSA) is 80.8 Å². The van der Waals surface area contributed by atoms with Crippen molar-refractivity contribution in [3.05, 3.63) is 35.9 Å². The molecule has 1 saturated carbocycles. The van der Waals surface area contributed by atoms with Crippen LogP contribution in [0.15, 0.2) is 30.3 Å². The van der Waals surface area contributed by atoms with E-state index in [4.69, 9.17) is 0 Å². The van der Waals surface area contributed by atoms with Crippen LogP contribution in [0.3, 0.4) is 0 Å². The fourth-order valence-corrected chi connectivity index (χ4v) is 4.34. The maximum Gasteiger partial charge on any atom is 0.330 e. The quantitative estimate of drug-likeness (QED) is 0.580. The number of ether oxygens (including phenoxy) is 1. The van der Waals surface area contributed by atoms with Crippen LogP contribution in [0.5, 0.6) is 0 Å². The highest BCUT2D eigenvalue weighted by Gasteiger charge is 2.32. The Morgan fingerprint density at radius 1 is 1.19 bits per heavy atom. The number of sulfone groups is 1. The number of methoxy groups -OCH3 is 1. The van der Waals surface area contributed by atoms with Gasteiger partial charge < -0.3 is 9.64 Å². The minimum Gasteiger partial charge on any atom is -0.466 e. The second-order valence-corrected chi connectivity index (χ2v) is 8.98. The predicted octanol–water partition coefficient (Wildman–Crippen LogP) is 2.44. The third-order valence-corrected chi connectivity index (χ3v) is 6.51. The lowest BCUT2D eigenvalue weighted by molar-refractivity contribution is -0.134. The molecule has 0 saturated heterocycles. The molecule has 0 aromatic heterocycles. The van der Waals surface area contributed by atoms with Gasteiger partial charge in [0.15, 0.2) is 0 Å². The van der Waals surface area contributed by atoms with E-state index in [1.165, 1.54) is 19.4 Å². The summed E-state index contributed by atoms with van der Waals surface area (Å²) < 4.78 is 27.9. The molecule has 1 aliphatic carbocycles. The maximum absolute atomic E-state index is 12.8. The minimum absolute atomic E-state index is 0.00829. The van der Waals surface area contributed by atoms with Gasteiger partial charge in [0.2, 0.25) is 5.91 Å². The summed E-state index contributed by atoms with van der Waals surface area (Å²) in [7, 11) is -0.00900. The van der Waals surface area contributed by atoms with Crippen molar-refractivity contribution < 1.29 is 22.7 Å². The van der Waals surface area contributed by atoms with Crippen LogP contribution in [0.2, 0.25) is 0 Å². The molecule has 0 heterocycles. The van der Waals surface area contributed by atoms with Gasteiger partial charge in [-0.3, -0.25) is 4.79 Å². The summed E-state index contributed by atoms with van der Waals surface area (Å²) in [6, 6.07) is 7.30. The zero-order valence-corrected chi connectivity index (χ0v) is 16.2. The Morgan fingerprint density at radius 2 is 1.85 bits per heavy atom. The Kier molecular flexibility index (Phi) is 6.58. The third kappa shape index (κ3) is 5.17. The molecule has 0 radical (unpaired) electrons. The standard InChI is InChI=1S/C19H25NO5S/c1-20(16-6-4-5-14(13-16)7-12-18(21)25-2)19(22)15-8-10-17(11-9-15)26(3,23)24/h4-7,12-13,15,17H,8-11H2,1-3H3/b12-7+. The number of carbonyl (C=O) groups excluding carboxylic acids is 2. The van der Waals surface area contributed by atoms with Crippen molar-refractivity contribution in [3.8, 4) is 0 Å². The number of anilines is 1. The second-order valence-electron chi connectivity index (χ2n) is 6.65. The highest BCUT2D eigenvalue weighted by atomic mass is 32.2. The van der Waals surface area contributed by atoms with Crippen molar-refractivity contribution in [2.45, 2.75) is 30.9 Å². The Morgan fingerprint density at radius 3 is 2.42 bits per heavy atom. The number of amides is 1. The zero-order chi connectivity index (χ0) is 19.3. The van der Waals surface area contributed by atoms with Crippen LogP contribution in [0.25, 0.3) is 6.08 Å². The molecular weight excluding hydrogens is 354 g/mol. The first kappa shape index (κ1) is 20.2. The molecule has 142 valence electrons. The molecule has 0 spiro atoms. The van der Waals surface area contributed by atoms with Crippen molar-refractivity contribution in [3.63, 3.8) is 0 Å². The van der Waals surface area contributed by atoms with Gasteiger partial charge in [-0.25, -0.2) is 13.2 Å². The first-order valence-corrected chi connectivity index (χ1v) is 10.5. The van der Waals surface area contributed by atoms with E-state index in [0.717, 1.165) is 11.3 Å². The lowest BCUT2D eigenvalue weighted by atomic mass is 9.88. The Bertz CT molecular complexity index is 792. The summed E-state index contributed by atoms with van der Waals surface area (Å²) in [4.78, 5) is 25.6.